The van der Waals surface area contributed by atoms with Crippen LogP contribution in [0.5, 0.6) is 23.0 Å². The molecule has 0 aromatic heterocycles. The van der Waals surface area contributed by atoms with Gasteiger partial charge < -0.3 is 49.1 Å². The summed E-state index contributed by atoms with van der Waals surface area (Å²) in [6.45, 7) is 3.41. The fourth-order valence-corrected chi connectivity index (χ4v) is 8.66. The van der Waals surface area contributed by atoms with Gasteiger partial charge in [0, 0.05) is 67.9 Å². The van der Waals surface area contributed by atoms with Crippen LogP contribution in [-0.4, -0.2) is 114 Å². The highest BCUT2D eigenvalue weighted by atomic mass is 32.2. The van der Waals surface area contributed by atoms with Gasteiger partial charge in [-0.05, 0) is 36.4 Å². The Morgan fingerprint density at radius 1 is 0.934 bits per heavy atom. The summed E-state index contributed by atoms with van der Waals surface area (Å²) in [6.07, 6.45) is -4.45. The van der Waals surface area contributed by atoms with Crippen LogP contribution >= 0.6 is 11.8 Å². The summed E-state index contributed by atoms with van der Waals surface area (Å²) >= 11 is 0.954. The molecule has 2 fully saturated rings. The maximum Gasteiger partial charge on any atom is 0.340 e. The number of aliphatic hydroxyl groups is 2. The quantitative estimate of drug-likeness (QED) is 0.113. The Bertz CT molecular complexity index is 2250. The third-order valence-electron chi connectivity index (χ3n) is 10.5. The number of nitrogens with two attached hydrogens (primary N) is 1. The second-order valence-corrected chi connectivity index (χ2v) is 15.9. The van der Waals surface area contributed by atoms with E-state index in [9.17, 15) is 43.8 Å². The van der Waals surface area contributed by atoms with E-state index in [0.29, 0.717) is 16.7 Å². The van der Waals surface area contributed by atoms with Gasteiger partial charge in [-0.3, -0.25) is 34.1 Å². The Morgan fingerprint density at radius 2 is 1.56 bits per heavy atom. The van der Waals surface area contributed by atoms with E-state index in [4.69, 9.17) is 38.9 Å². The lowest BCUT2D eigenvalue weighted by atomic mass is 9.77. The summed E-state index contributed by atoms with van der Waals surface area (Å²) in [7, 11) is 1.30. The third kappa shape index (κ3) is 8.34. The maximum absolute atomic E-state index is 13.8. The molecule has 19 nitrogen and oxygen atoms in total. The lowest BCUT2D eigenvalue weighted by molar-refractivity contribution is -0.282. The van der Waals surface area contributed by atoms with E-state index >= 15 is 0 Å². The van der Waals surface area contributed by atoms with Gasteiger partial charge in [0.25, 0.3) is 5.91 Å². The molecule has 0 saturated carbocycles. The van der Waals surface area contributed by atoms with E-state index in [1.54, 1.807) is 25.1 Å². The van der Waals surface area contributed by atoms with E-state index in [-0.39, 0.29) is 53.0 Å². The first-order chi connectivity index (χ1) is 29.0. The van der Waals surface area contributed by atoms with Gasteiger partial charge in [-0.2, -0.15) is 0 Å². The number of esters is 3. The number of hydrogen-bond acceptors (Lipinski definition) is 18. The first-order valence-electron chi connectivity index (χ1n) is 18.9. The molecule has 0 radical (unpaired) electrons. The van der Waals surface area contributed by atoms with Gasteiger partial charge in [0.15, 0.2) is 11.9 Å². The Hall–Kier alpha value is -5.74. The Kier molecular flexibility index (Phi) is 12.3. The van der Waals surface area contributed by atoms with Crippen molar-refractivity contribution in [1.29, 1.82) is 0 Å². The fourth-order valence-electron chi connectivity index (χ4n) is 7.56. The van der Waals surface area contributed by atoms with Crippen molar-refractivity contribution in [2.75, 3.05) is 31.0 Å². The van der Waals surface area contributed by atoms with E-state index in [1.165, 1.54) is 57.4 Å². The van der Waals surface area contributed by atoms with E-state index in [1.807, 2.05) is 0 Å². The smallest absolute Gasteiger partial charge is 0.340 e. The zero-order valence-corrected chi connectivity index (χ0v) is 33.9. The van der Waals surface area contributed by atoms with Crippen molar-refractivity contribution in [2.24, 2.45) is 11.7 Å². The van der Waals surface area contributed by atoms with Crippen LogP contribution < -0.4 is 30.2 Å². The number of nitrogens with zero attached hydrogens (tertiary/aromatic N) is 1. The summed E-state index contributed by atoms with van der Waals surface area (Å²) < 4.78 is 38.9. The number of amides is 4. The molecular formula is C41H41N3O16S. The summed E-state index contributed by atoms with van der Waals surface area (Å²) in [6, 6.07) is 12.3. The Labute approximate surface area is 351 Å². The molecule has 4 aliphatic rings. The van der Waals surface area contributed by atoms with Crippen molar-refractivity contribution >= 4 is 59.0 Å². The number of ether oxygens (including phenoxy) is 7. The lowest BCUT2D eigenvalue weighted by Crippen LogP contribution is -2.55. The van der Waals surface area contributed by atoms with Gasteiger partial charge in [-0.25, -0.2) is 9.69 Å². The Balaban J connectivity index is 1.02. The third-order valence-corrected chi connectivity index (χ3v) is 11.8. The molecule has 61 heavy (non-hydrogen) atoms. The van der Waals surface area contributed by atoms with Gasteiger partial charge in [0.05, 0.1) is 41.4 Å². The highest BCUT2D eigenvalue weighted by Crippen LogP contribution is 2.57. The number of rotatable bonds is 12. The van der Waals surface area contributed by atoms with Crippen LogP contribution in [0.4, 0.5) is 5.69 Å². The highest BCUT2D eigenvalue weighted by Gasteiger charge is 2.54. The molecule has 7 atom stereocenters. The minimum absolute atomic E-state index is 0.0461. The molecule has 7 rings (SSSR count). The minimum Gasteiger partial charge on any atom is -0.456 e. The van der Waals surface area contributed by atoms with Crippen molar-refractivity contribution in [3.8, 4) is 23.0 Å². The number of hydrogen-bond donors (Lipinski definition) is 4. The number of methoxy groups -OCH3 is 1. The molecule has 5 N–H and O–H groups in total. The molecule has 0 aliphatic carbocycles. The first-order valence-corrected chi connectivity index (χ1v) is 20.0. The van der Waals surface area contributed by atoms with Crippen LogP contribution in [0, 0.1) is 5.92 Å². The molecule has 1 spiro atoms. The normalized spacial score (nSPS) is 23.9. The molecule has 3 aromatic carbocycles. The zero-order chi connectivity index (χ0) is 43.9. The van der Waals surface area contributed by atoms with E-state index in [2.05, 4.69) is 5.32 Å². The van der Waals surface area contributed by atoms with Gasteiger partial charge in [-0.1, -0.05) is 13.0 Å². The summed E-state index contributed by atoms with van der Waals surface area (Å²) in [4.78, 5) is 90.3. The predicted octanol–water partition coefficient (Wildman–Crippen LogP) is 1.19. The number of aliphatic hydroxyl groups excluding tert-OH is 2. The van der Waals surface area contributed by atoms with Crippen LogP contribution in [0.1, 0.15) is 54.2 Å². The summed E-state index contributed by atoms with van der Waals surface area (Å²) in [5.74, 6) is -4.78. The predicted molar refractivity (Wildman–Crippen MR) is 209 cm³/mol. The van der Waals surface area contributed by atoms with Gasteiger partial charge in [0.2, 0.25) is 17.7 Å². The van der Waals surface area contributed by atoms with Crippen LogP contribution in [0.2, 0.25) is 0 Å². The number of carbonyl (C=O) groups is 7. The first kappa shape index (κ1) is 43.4. The summed E-state index contributed by atoms with van der Waals surface area (Å²) in [5, 5.41) is 21.5. The average molecular weight is 864 g/mol. The van der Waals surface area contributed by atoms with Gasteiger partial charge in [-0.15, -0.1) is 11.8 Å². The van der Waals surface area contributed by atoms with Crippen LogP contribution in [0.3, 0.4) is 0 Å². The molecular weight excluding hydrogens is 823 g/mol. The molecule has 20 heteroatoms. The molecule has 2 saturated heterocycles. The van der Waals surface area contributed by atoms with Gasteiger partial charge >= 0.3 is 17.9 Å². The van der Waals surface area contributed by atoms with E-state index in [0.717, 1.165) is 16.7 Å². The van der Waals surface area contributed by atoms with Crippen molar-refractivity contribution in [3.05, 3.63) is 76.9 Å². The minimum atomic E-state index is -1.61. The highest BCUT2D eigenvalue weighted by molar-refractivity contribution is 8.00. The van der Waals surface area contributed by atoms with Crippen molar-refractivity contribution in [1.82, 2.24) is 5.32 Å². The topological polar surface area (TPSA) is 266 Å². The standard InChI is InChI=1S/C41H41N3O16S/c1-18-31(59-40(54-4)36(50)35(18)49)15-55-16-33(47)43-37(51)28(42)17-61-32-14-34(48)44(38(32)52)21-5-8-25-24(11-21)39(53)60-41(25)26-9-6-22(56-19(2)45)12-29(26)58-30-13-23(57-20(3)46)7-10-27(30)41/h5-13,18,28,31-32,35-36,40,49-50H,14-17,42H2,1-4H3,(H,43,47,51)/t18-,28?,31?,32?,35+,36?,40-/m1/s1. The number of nitrogens with one attached hydrogen (secondary N) is 1. The average Bonchev–Trinajstić information content (AvgIpc) is 3.66. The van der Waals surface area contributed by atoms with E-state index < -0.39 is 95.6 Å². The number of anilines is 1. The van der Waals surface area contributed by atoms with Crippen molar-refractivity contribution < 1.29 is 76.9 Å². The SMILES string of the molecule is CO[C@@H]1OC(COCC(=O)NC(=O)C(N)CSC2CC(=O)N(c3ccc4c(c3)C(=O)OC43c4ccc(OC(C)=O)cc4Oc4cc(OC(C)=O)ccc43)C2=O)[C@@H](C)[C@H](O)C1O. The van der Waals surface area contributed by atoms with Crippen molar-refractivity contribution in [2.45, 2.75) is 68.7 Å². The number of thioether (sulfide) groups is 1. The Morgan fingerprint density at radius 3 is 2.16 bits per heavy atom. The molecule has 4 heterocycles. The van der Waals surface area contributed by atoms with Crippen LogP contribution in [0.15, 0.2) is 54.6 Å². The molecule has 4 amide bonds. The lowest BCUT2D eigenvalue weighted by Gasteiger charge is -2.40. The van der Waals surface area contributed by atoms with Gasteiger partial charge in [0.1, 0.15) is 35.7 Å². The molecule has 4 unspecified atom stereocenters. The second-order valence-electron chi connectivity index (χ2n) is 14.7. The molecule has 3 aromatic rings. The fraction of sp³-hybridized carbons (Fsp3) is 0.390. The number of imide groups is 2. The second kappa shape index (κ2) is 17.3. The molecule has 322 valence electrons. The van der Waals surface area contributed by atoms with Crippen LogP contribution in [-0.2, 0) is 53.3 Å². The van der Waals surface area contributed by atoms with Crippen LogP contribution in [0.25, 0.3) is 0 Å². The number of benzene rings is 3. The number of fused-ring (bicyclic) bond motifs is 6. The largest absolute Gasteiger partial charge is 0.456 e. The zero-order valence-electron chi connectivity index (χ0n) is 33.1. The maximum atomic E-state index is 13.8. The molecule has 0 bridgehead atoms. The molecule has 4 aliphatic heterocycles. The summed E-state index contributed by atoms with van der Waals surface area (Å²) in [5.41, 5.74) is 5.68. The number of carbonyl (C=O) groups excluding carboxylic acids is 7. The monoisotopic (exact) mass is 863 g/mol. The van der Waals surface area contributed by atoms with Crippen molar-refractivity contribution in [3.63, 3.8) is 0 Å².